The molecule has 1 atom stereocenters. The summed E-state index contributed by atoms with van der Waals surface area (Å²) in [6, 6.07) is 7.69. The van der Waals surface area contributed by atoms with Gasteiger partial charge in [0.1, 0.15) is 5.75 Å². The molecule has 0 aliphatic heterocycles. The molecular weight excluding hydrogens is 374 g/mol. The highest BCUT2D eigenvalue weighted by Crippen LogP contribution is 2.26. The zero-order valence-electron chi connectivity index (χ0n) is 14.9. The Bertz CT molecular complexity index is 734. The van der Waals surface area contributed by atoms with Gasteiger partial charge in [-0.1, -0.05) is 49.1 Å². The molecule has 1 aromatic carbocycles. The average Bonchev–Trinajstić information content (AvgIpc) is 3.11. The van der Waals surface area contributed by atoms with Crippen LogP contribution in [0.2, 0.25) is 0 Å². The summed E-state index contributed by atoms with van der Waals surface area (Å²) in [5.41, 5.74) is 1.21. The molecule has 140 valence electrons. The molecule has 0 spiro atoms. The SMILES string of the molecule is CCc1ccc(OC(CC)C(=O)Nc2nnc(SCC(=O)OC)s2)cc1. The van der Waals surface area contributed by atoms with Crippen molar-refractivity contribution in [2.24, 2.45) is 0 Å². The molecule has 1 unspecified atom stereocenters. The average molecular weight is 396 g/mol. The van der Waals surface area contributed by atoms with Crippen molar-refractivity contribution in [2.45, 2.75) is 37.1 Å². The van der Waals surface area contributed by atoms with Crippen molar-refractivity contribution in [3.8, 4) is 5.75 Å². The summed E-state index contributed by atoms with van der Waals surface area (Å²) in [6.45, 7) is 3.96. The van der Waals surface area contributed by atoms with Gasteiger partial charge in [0.15, 0.2) is 10.4 Å². The van der Waals surface area contributed by atoms with Gasteiger partial charge < -0.3 is 9.47 Å². The van der Waals surface area contributed by atoms with E-state index in [0.717, 1.165) is 6.42 Å². The normalized spacial score (nSPS) is 11.7. The van der Waals surface area contributed by atoms with Gasteiger partial charge in [0.05, 0.1) is 12.9 Å². The topological polar surface area (TPSA) is 90.4 Å². The van der Waals surface area contributed by atoms with E-state index in [2.05, 4.69) is 27.2 Å². The second kappa shape index (κ2) is 10.1. The molecule has 2 rings (SSSR count). The maximum absolute atomic E-state index is 12.4. The lowest BCUT2D eigenvalue weighted by molar-refractivity contribution is -0.137. The van der Waals surface area contributed by atoms with Crippen molar-refractivity contribution in [2.75, 3.05) is 18.2 Å². The van der Waals surface area contributed by atoms with E-state index in [1.807, 2.05) is 31.2 Å². The standard InChI is InChI=1S/C17H21N3O4S2/c1-4-11-6-8-12(9-7-11)24-13(5-2)15(22)18-16-19-20-17(26-16)25-10-14(21)23-3/h6-9,13H,4-5,10H2,1-3H3,(H,18,19,22). The minimum atomic E-state index is -0.627. The van der Waals surface area contributed by atoms with E-state index in [0.29, 0.717) is 21.6 Å². The zero-order valence-corrected chi connectivity index (χ0v) is 16.5. The Kier molecular flexibility index (Phi) is 7.86. The third-order valence-electron chi connectivity index (χ3n) is 3.45. The van der Waals surface area contributed by atoms with E-state index in [-0.39, 0.29) is 17.6 Å². The Morgan fingerprint density at radius 1 is 1.23 bits per heavy atom. The Hall–Kier alpha value is -2.13. The molecule has 1 heterocycles. The Balaban J connectivity index is 1.91. The number of rotatable bonds is 9. The number of hydrogen-bond acceptors (Lipinski definition) is 8. The first-order valence-corrected chi connectivity index (χ1v) is 9.95. The molecule has 1 N–H and O–H groups in total. The monoisotopic (exact) mass is 395 g/mol. The third-order valence-corrected chi connectivity index (χ3v) is 5.40. The number of nitrogens with one attached hydrogen (secondary N) is 1. The highest BCUT2D eigenvalue weighted by Gasteiger charge is 2.20. The van der Waals surface area contributed by atoms with Crippen LogP contribution >= 0.6 is 23.1 Å². The Morgan fingerprint density at radius 2 is 1.96 bits per heavy atom. The van der Waals surface area contributed by atoms with Crippen LogP contribution in [0.25, 0.3) is 0 Å². The number of amides is 1. The summed E-state index contributed by atoms with van der Waals surface area (Å²) < 4.78 is 10.9. The first kappa shape index (κ1) is 20.2. The van der Waals surface area contributed by atoms with Crippen LogP contribution in [0.15, 0.2) is 28.6 Å². The molecule has 7 nitrogen and oxygen atoms in total. The van der Waals surface area contributed by atoms with E-state index in [9.17, 15) is 9.59 Å². The van der Waals surface area contributed by atoms with Crippen molar-refractivity contribution in [1.29, 1.82) is 0 Å². The lowest BCUT2D eigenvalue weighted by atomic mass is 10.2. The van der Waals surface area contributed by atoms with Crippen LogP contribution in [0, 0.1) is 0 Å². The number of ether oxygens (including phenoxy) is 2. The number of nitrogens with zero attached hydrogens (tertiary/aromatic N) is 2. The van der Waals surface area contributed by atoms with Gasteiger partial charge in [-0.05, 0) is 30.5 Å². The number of hydrogen-bond donors (Lipinski definition) is 1. The summed E-state index contributed by atoms with van der Waals surface area (Å²) >= 11 is 2.41. The van der Waals surface area contributed by atoms with Crippen LogP contribution in [0.1, 0.15) is 25.8 Å². The summed E-state index contributed by atoms with van der Waals surface area (Å²) in [7, 11) is 1.33. The quantitative estimate of drug-likeness (QED) is 0.396. The molecule has 0 saturated heterocycles. The zero-order chi connectivity index (χ0) is 18.9. The van der Waals surface area contributed by atoms with E-state index in [4.69, 9.17) is 4.74 Å². The van der Waals surface area contributed by atoms with Gasteiger partial charge in [-0.15, -0.1) is 10.2 Å². The number of methoxy groups -OCH3 is 1. The predicted octanol–water partition coefficient (Wildman–Crippen LogP) is 3.16. The van der Waals surface area contributed by atoms with Crippen LogP contribution in [0.3, 0.4) is 0 Å². The number of thioether (sulfide) groups is 1. The number of carbonyl (C=O) groups is 2. The number of benzene rings is 1. The fourth-order valence-electron chi connectivity index (χ4n) is 1.97. The molecule has 1 amide bonds. The fraction of sp³-hybridized carbons (Fsp3) is 0.412. The molecule has 0 radical (unpaired) electrons. The number of anilines is 1. The molecule has 0 saturated carbocycles. The third kappa shape index (κ3) is 5.99. The maximum Gasteiger partial charge on any atom is 0.316 e. The largest absolute Gasteiger partial charge is 0.481 e. The van der Waals surface area contributed by atoms with Gasteiger partial charge in [-0.25, -0.2) is 0 Å². The van der Waals surface area contributed by atoms with E-state index in [1.165, 1.54) is 35.8 Å². The lowest BCUT2D eigenvalue weighted by Gasteiger charge is -2.16. The molecule has 0 aliphatic carbocycles. The molecular formula is C17H21N3O4S2. The van der Waals surface area contributed by atoms with Crippen molar-refractivity contribution in [3.63, 3.8) is 0 Å². The maximum atomic E-state index is 12.4. The minimum Gasteiger partial charge on any atom is -0.481 e. The van der Waals surface area contributed by atoms with E-state index in [1.54, 1.807) is 0 Å². The smallest absolute Gasteiger partial charge is 0.316 e. The van der Waals surface area contributed by atoms with Gasteiger partial charge in [0.25, 0.3) is 5.91 Å². The van der Waals surface area contributed by atoms with Crippen LogP contribution < -0.4 is 10.1 Å². The molecule has 0 bridgehead atoms. The number of carbonyl (C=O) groups excluding carboxylic acids is 2. The summed E-state index contributed by atoms with van der Waals surface area (Å²) in [4.78, 5) is 23.6. The van der Waals surface area contributed by atoms with E-state index >= 15 is 0 Å². The molecule has 0 aliphatic rings. The van der Waals surface area contributed by atoms with Crippen LogP contribution in [-0.4, -0.2) is 41.0 Å². The van der Waals surface area contributed by atoms with Crippen LogP contribution in [0.4, 0.5) is 5.13 Å². The number of esters is 1. The molecule has 26 heavy (non-hydrogen) atoms. The van der Waals surface area contributed by atoms with Gasteiger partial charge in [-0.3, -0.25) is 14.9 Å². The van der Waals surface area contributed by atoms with Crippen LogP contribution in [-0.2, 0) is 20.7 Å². The molecule has 0 fully saturated rings. The highest BCUT2D eigenvalue weighted by molar-refractivity contribution is 8.01. The number of aryl methyl sites for hydroxylation is 1. The Morgan fingerprint density at radius 3 is 2.58 bits per heavy atom. The van der Waals surface area contributed by atoms with Crippen molar-refractivity contribution in [3.05, 3.63) is 29.8 Å². The molecule has 2 aromatic rings. The first-order chi connectivity index (χ1) is 12.5. The second-order valence-electron chi connectivity index (χ2n) is 5.24. The van der Waals surface area contributed by atoms with Gasteiger partial charge in [0.2, 0.25) is 5.13 Å². The fourth-order valence-corrected chi connectivity index (χ4v) is 3.56. The summed E-state index contributed by atoms with van der Waals surface area (Å²) in [5.74, 6) is 0.168. The van der Waals surface area contributed by atoms with Crippen molar-refractivity contribution >= 4 is 40.1 Å². The van der Waals surface area contributed by atoms with Crippen LogP contribution in [0.5, 0.6) is 5.75 Å². The van der Waals surface area contributed by atoms with E-state index < -0.39 is 6.10 Å². The van der Waals surface area contributed by atoms with Gasteiger partial charge in [-0.2, -0.15) is 0 Å². The summed E-state index contributed by atoms with van der Waals surface area (Å²) in [5, 5.41) is 10.9. The minimum absolute atomic E-state index is 0.146. The molecule has 9 heteroatoms. The lowest BCUT2D eigenvalue weighted by Crippen LogP contribution is -2.32. The predicted molar refractivity (Wildman–Crippen MR) is 102 cm³/mol. The molecule has 1 aromatic heterocycles. The second-order valence-corrected chi connectivity index (χ2v) is 7.44. The number of aromatic nitrogens is 2. The van der Waals surface area contributed by atoms with Gasteiger partial charge >= 0.3 is 5.97 Å². The van der Waals surface area contributed by atoms with Gasteiger partial charge in [0, 0.05) is 0 Å². The summed E-state index contributed by atoms with van der Waals surface area (Å²) in [6.07, 6.45) is 0.840. The van der Waals surface area contributed by atoms with Crippen molar-refractivity contribution in [1.82, 2.24) is 10.2 Å². The first-order valence-electron chi connectivity index (χ1n) is 8.15. The van der Waals surface area contributed by atoms with Crippen molar-refractivity contribution < 1.29 is 19.1 Å². The highest BCUT2D eigenvalue weighted by atomic mass is 32.2. The Labute approximate surface area is 160 Å².